The molecule has 184 valence electrons. The summed E-state index contributed by atoms with van der Waals surface area (Å²) in [7, 11) is 0. The molecule has 0 amide bonds. The molecule has 3 aromatic rings. The van der Waals surface area contributed by atoms with Gasteiger partial charge >= 0.3 is 6.18 Å². The third-order valence-electron chi connectivity index (χ3n) is 6.26. The Labute approximate surface area is 202 Å². The summed E-state index contributed by atoms with van der Waals surface area (Å²) in [5, 5.41) is 14.0. The SMILES string of the molecule is C=C(/C(=C\C)CN1CCN(c2ccc(C(F)(F)F)cn2)[C@H](C)C1)c1ccc(Cc2nn[nH]n2)cc1. The third kappa shape index (κ3) is 5.94. The van der Waals surface area contributed by atoms with Crippen LogP contribution in [-0.2, 0) is 12.6 Å². The van der Waals surface area contributed by atoms with Gasteiger partial charge in [0.1, 0.15) is 5.82 Å². The Morgan fingerprint density at radius 1 is 1.17 bits per heavy atom. The fourth-order valence-corrected chi connectivity index (χ4v) is 4.29. The van der Waals surface area contributed by atoms with Crippen LogP contribution in [0.3, 0.4) is 0 Å². The number of nitrogens with one attached hydrogen (secondary N) is 1. The van der Waals surface area contributed by atoms with Crippen LogP contribution in [0.5, 0.6) is 0 Å². The quantitative estimate of drug-likeness (QED) is 0.503. The van der Waals surface area contributed by atoms with E-state index >= 15 is 0 Å². The van der Waals surface area contributed by atoms with Gasteiger partial charge in [0.05, 0.1) is 5.56 Å². The van der Waals surface area contributed by atoms with Gasteiger partial charge in [-0.15, -0.1) is 10.2 Å². The smallest absolute Gasteiger partial charge is 0.351 e. The van der Waals surface area contributed by atoms with Crippen LogP contribution in [0.2, 0.25) is 0 Å². The summed E-state index contributed by atoms with van der Waals surface area (Å²) in [4.78, 5) is 8.47. The number of aromatic nitrogens is 5. The molecule has 1 fully saturated rings. The first-order chi connectivity index (χ1) is 16.7. The molecule has 0 unspecified atom stereocenters. The molecule has 7 nitrogen and oxygen atoms in total. The van der Waals surface area contributed by atoms with Crippen molar-refractivity contribution in [3.63, 3.8) is 0 Å². The maximum absolute atomic E-state index is 12.8. The number of hydrogen-bond acceptors (Lipinski definition) is 6. The van der Waals surface area contributed by atoms with Gasteiger partial charge in [0.15, 0.2) is 5.82 Å². The van der Waals surface area contributed by atoms with Crippen molar-refractivity contribution in [2.75, 3.05) is 31.1 Å². The molecule has 1 aromatic carbocycles. The summed E-state index contributed by atoms with van der Waals surface area (Å²) in [5.74, 6) is 1.22. The predicted octanol–water partition coefficient (Wildman–Crippen LogP) is 4.37. The van der Waals surface area contributed by atoms with Crippen molar-refractivity contribution in [2.24, 2.45) is 0 Å². The molecule has 0 spiro atoms. The summed E-state index contributed by atoms with van der Waals surface area (Å²) in [6, 6.07) is 10.9. The van der Waals surface area contributed by atoms with E-state index in [0.29, 0.717) is 24.6 Å². The number of H-pyrrole nitrogens is 1. The Morgan fingerprint density at radius 2 is 1.94 bits per heavy atom. The first-order valence-corrected chi connectivity index (χ1v) is 11.4. The van der Waals surface area contributed by atoms with Crippen LogP contribution in [0.4, 0.5) is 19.0 Å². The molecule has 1 saturated heterocycles. The fraction of sp³-hybridized carbons (Fsp3) is 0.360. The first kappa shape index (κ1) is 24.6. The molecule has 4 rings (SSSR count). The lowest BCUT2D eigenvalue weighted by Gasteiger charge is -2.41. The molecule has 0 bridgehead atoms. The van der Waals surface area contributed by atoms with Gasteiger partial charge in [-0.05, 0) is 48.3 Å². The molecule has 3 heterocycles. The summed E-state index contributed by atoms with van der Waals surface area (Å²) < 4.78 is 38.5. The van der Waals surface area contributed by atoms with E-state index in [-0.39, 0.29) is 6.04 Å². The van der Waals surface area contributed by atoms with Gasteiger partial charge in [0, 0.05) is 44.8 Å². The third-order valence-corrected chi connectivity index (χ3v) is 6.26. The zero-order chi connectivity index (χ0) is 25.0. The van der Waals surface area contributed by atoms with Crippen molar-refractivity contribution in [2.45, 2.75) is 32.5 Å². The minimum atomic E-state index is -4.38. The van der Waals surface area contributed by atoms with Gasteiger partial charge in [-0.1, -0.05) is 42.1 Å². The Kier molecular flexibility index (Phi) is 7.30. The van der Waals surface area contributed by atoms with Gasteiger partial charge in [-0.3, -0.25) is 4.90 Å². The van der Waals surface area contributed by atoms with Gasteiger partial charge in [-0.2, -0.15) is 18.4 Å². The van der Waals surface area contributed by atoms with E-state index in [2.05, 4.69) is 67.1 Å². The second-order valence-electron chi connectivity index (χ2n) is 8.67. The highest BCUT2D eigenvalue weighted by Crippen LogP contribution is 2.30. The molecule has 1 N–H and O–H groups in total. The van der Waals surface area contributed by atoms with E-state index in [1.54, 1.807) is 0 Å². The van der Waals surface area contributed by atoms with Gasteiger partial charge in [-0.25, -0.2) is 4.98 Å². The predicted molar refractivity (Wildman–Crippen MR) is 129 cm³/mol. The maximum atomic E-state index is 12.8. The largest absolute Gasteiger partial charge is 0.417 e. The number of nitrogens with zero attached hydrogens (tertiary/aromatic N) is 6. The van der Waals surface area contributed by atoms with Crippen LogP contribution >= 0.6 is 0 Å². The van der Waals surface area contributed by atoms with Crippen LogP contribution in [0.1, 0.15) is 36.4 Å². The number of piperazine rings is 1. The van der Waals surface area contributed by atoms with Crippen LogP contribution in [-0.4, -0.2) is 62.7 Å². The van der Waals surface area contributed by atoms with Gasteiger partial charge in [0.2, 0.25) is 0 Å². The standard InChI is InChI=1S/C25H28F3N7/c1-4-20(18(3)21-7-5-19(6-8-21)13-23-30-32-33-31-23)16-34-11-12-35(17(2)15-34)24-10-9-22(14-29-24)25(26,27)28/h4-10,14,17H,3,11-13,15-16H2,1-2H3,(H,30,31,32,33)/b20-4-/t17-/m1/s1. The van der Waals surface area contributed by atoms with Crippen molar-refractivity contribution in [1.82, 2.24) is 30.5 Å². The molecule has 1 atom stereocenters. The number of tetrazole rings is 1. The molecule has 1 aliphatic heterocycles. The zero-order valence-electron chi connectivity index (χ0n) is 19.8. The summed E-state index contributed by atoms with van der Waals surface area (Å²) in [5.41, 5.74) is 3.52. The van der Waals surface area contributed by atoms with E-state index in [1.165, 1.54) is 6.07 Å². The Bertz CT molecular complexity index is 1150. The number of allylic oxidation sites excluding steroid dienone is 1. The number of hydrogen-bond donors (Lipinski definition) is 1. The molecular weight excluding hydrogens is 455 g/mol. The van der Waals surface area contributed by atoms with Gasteiger partial charge < -0.3 is 4.90 Å². The molecule has 0 radical (unpaired) electrons. The number of pyridine rings is 1. The highest BCUT2D eigenvalue weighted by atomic mass is 19.4. The lowest BCUT2D eigenvalue weighted by atomic mass is 9.97. The molecule has 35 heavy (non-hydrogen) atoms. The van der Waals surface area contributed by atoms with Crippen LogP contribution in [0.25, 0.3) is 5.57 Å². The van der Waals surface area contributed by atoms with Crippen LogP contribution < -0.4 is 4.90 Å². The number of benzene rings is 1. The van der Waals surface area contributed by atoms with Crippen LogP contribution in [0, 0.1) is 0 Å². The highest BCUT2D eigenvalue weighted by molar-refractivity contribution is 5.77. The Balaban J connectivity index is 1.35. The first-order valence-electron chi connectivity index (χ1n) is 11.4. The monoisotopic (exact) mass is 483 g/mol. The molecule has 0 aliphatic carbocycles. The van der Waals surface area contributed by atoms with Gasteiger partial charge in [0.25, 0.3) is 0 Å². The van der Waals surface area contributed by atoms with Crippen molar-refractivity contribution < 1.29 is 13.2 Å². The summed E-state index contributed by atoms with van der Waals surface area (Å²) in [6.45, 7) is 11.4. The summed E-state index contributed by atoms with van der Waals surface area (Å²) >= 11 is 0. The number of rotatable bonds is 7. The lowest BCUT2D eigenvalue weighted by molar-refractivity contribution is -0.137. The van der Waals surface area contributed by atoms with E-state index in [0.717, 1.165) is 54.2 Å². The number of alkyl halides is 3. The molecule has 0 saturated carbocycles. The van der Waals surface area contributed by atoms with E-state index in [4.69, 9.17) is 0 Å². The maximum Gasteiger partial charge on any atom is 0.417 e. The van der Waals surface area contributed by atoms with Crippen LogP contribution in [0.15, 0.2) is 60.8 Å². The number of halogens is 3. The second kappa shape index (κ2) is 10.4. The van der Waals surface area contributed by atoms with Crippen molar-refractivity contribution in [3.05, 3.63) is 83.3 Å². The molecule has 1 aliphatic rings. The minimum Gasteiger partial charge on any atom is -0.351 e. The minimum absolute atomic E-state index is 0.115. The van der Waals surface area contributed by atoms with Crippen molar-refractivity contribution >= 4 is 11.4 Å². The zero-order valence-corrected chi connectivity index (χ0v) is 19.8. The molecule has 10 heteroatoms. The van der Waals surface area contributed by atoms with E-state index < -0.39 is 11.7 Å². The fourth-order valence-electron chi connectivity index (χ4n) is 4.29. The number of aromatic amines is 1. The Hall–Kier alpha value is -3.53. The topological polar surface area (TPSA) is 73.8 Å². The second-order valence-corrected chi connectivity index (χ2v) is 8.67. The average molecular weight is 484 g/mol. The average Bonchev–Trinajstić information content (AvgIpc) is 3.35. The summed E-state index contributed by atoms with van der Waals surface area (Å²) in [6.07, 6.45) is -0.779. The van der Waals surface area contributed by atoms with E-state index in [9.17, 15) is 13.2 Å². The normalized spacial score (nSPS) is 17.6. The lowest BCUT2D eigenvalue weighted by Crippen LogP contribution is -2.52. The highest BCUT2D eigenvalue weighted by Gasteiger charge is 2.31. The Morgan fingerprint density at radius 3 is 2.51 bits per heavy atom. The van der Waals surface area contributed by atoms with Crippen molar-refractivity contribution in [1.29, 1.82) is 0 Å². The van der Waals surface area contributed by atoms with Crippen molar-refractivity contribution in [3.8, 4) is 0 Å². The molecular formula is C25H28F3N7. The van der Waals surface area contributed by atoms with E-state index in [1.807, 2.05) is 19.1 Å². The number of anilines is 1. The molecule has 2 aromatic heterocycles.